The van der Waals surface area contributed by atoms with E-state index in [2.05, 4.69) is 35.5 Å². The first-order valence-electron chi connectivity index (χ1n) is 17.5. The number of aromatic nitrogens is 2. The van der Waals surface area contributed by atoms with E-state index < -0.39 is 21.7 Å². The molecule has 1 unspecified atom stereocenters. The fourth-order valence-electron chi connectivity index (χ4n) is 7.63. The van der Waals surface area contributed by atoms with Gasteiger partial charge in [0.25, 0.3) is 0 Å². The molecule has 0 radical (unpaired) electrons. The fourth-order valence-corrected chi connectivity index (χ4v) is 9.29. The molecule has 0 bridgehead atoms. The van der Waals surface area contributed by atoms with Crippen molar-refractivity contribution in [3.63, 3.8) is 0 Å². The summed E-state index contributed by atoms with van der Waals surface area (Å²) < 4.78 is 35.7. The summed E-state index contributed by atoms with van der Waals surface area (Å²) in [6.07, 6.45) is 6.40. The zero-order valence-electron chi connectivity index (χ0n) is 28.2. The molecular formula is C35H41ClN8O6S. The number of carbonyl (C=O) groups excluding carboxylic acids is 2. The van der Waals surface area contributed by atoms with Crippen LogP contribution in [-0.2, 0) is 20.2 Å². The summed E-state index contributed by atoms with van der Waals surface area (Å²) >= 11 is 6.49. The minimum atomic E-state index is -3.71. The van der Waals surface area contributed by atoms with E-state index in [1.54, 1.807) is 36.5 Å². The minimum Gasteiger partial charge on any atom is -0.488 e. The van der Waals surface area contributed by atoms with Gasteiger partial charge in [0.1, 0.15) is 23.9 Å². The molecule has 5 N–H and O–H groups in total. The zero-order chi connectivity index (χ0) is 35.5. The van der Waals surface area contributed by atoms with Crippen molar-refractivity contribution in [2.45, 2.75) is 80.6 Å². The summed E-state index contributed by atoms with van der Waals surface area (Å²) in [6.45, 7) is 4.77. The Kier molecular flexibility index (Phi) is 8.82. The lowest BCUT2D eigenvalue weighted by Gasteiger charge is -2.42. The van der Waals surface area contributed by atoms with Crippen LogP contribution in [0.4, 0.5) is 27.9 Å². The number of urea groups is 1. The van der Waals surface area contributed by atoms with E-state index >= 15 is 0 Å². The maximum absolute atomic E-state index is 13.3. The lowest BCUT2D eigenvalue weighted by atomic mass is 9.85. The Bertz CT molecular complexity index is 1980. The van der Waals surface area contributed by atoms with E-state index in [0.29, 0.717) is 52.8 Å². The fraction of sp³-hybridized carbons (Fsp3) is 0.486. The summed E-state index contributed by atoms with van der Waals surface area (Å²) in [5.41, 5.74) is 2.39. The molecule has 1 aromatic heterocycles. The van der Waals surface area contributed by atoms with Crippen LogP contribution in [0.25, 0.3) is 0 Å². The number of hydrogen-bond acceptors (Lipinski definition) is 10. The number of aliphatic hydroxyl groups is 1. The second-order valence-corrected chi connectivity index (χ2v) is 16.5. The minimum absolute atomic E-state index is 0.0201. The van der Waals surface area contributed by atoms with Crippen LogP contribution in [-0.4, -0.2) is 84.9 Å². The molecule has 51 heavy (non-hydrogen) atoms. The number of hydrogen-bond donors (Lipinski definition) is 5. The van der Waals surface area contributed by atoms with Crippen LogP contribution in [0.15, 0.2) is 47.5 Å². The van der Waals surface area contributed by atoms with Gasteiger partial charge in [-0.15, -0.1) is 0 Å². The lowest BCUT2D eigenvalue weighted by molar-refractivity contribution is -0.117. The Morgan fingerprint density at radius 2 is 1.86 bits per heavy atom. The smallest absolute Gasteiger partial charge is 0.323 e. The number of ether oxygens (including phenoxy) is 1. The first kappa shape index (κ1) is 34.1. The van der Waals surface area contributed by atoms with Gasteiger partial charge in [-0.25, -0.2) is 22.9 Å². The van der Waals surface area contributed by atoms with Gasteiger partial charge in [-0.1, -0.05) is 11.6 Å². The number of fused-ring (bicyclic) bond motifs is 2. The van der Waals surface area contributed by atoms with Crippen LogP contribution >= 0.6 is 11.6 Å². The van der Waals surface area contributed by atoms with Crippen LogP contribution in [0.3, 0.4) is 0 Å². The molecule has 1 spiro atoms. The molecule has 2 aromatic carbocycles. The molecule has 14 nitrogen and oxygen atoms in total. The molecule has 5 aliphatic rings. The first-order chi connectivity index (χ1) is 24.5. The summed E-state index contributed by atoms with van der Waals surface area (Å²) in [5.74, 6) is 1.99. The van der Waals surface area contributed by atoms with Crippen molar-refractivity contribution in [2.75, 3.05) is 41.7 Å². The van der Waals surface area contributed by atoms with E-state index in [-0.39, 0.29) is 29.0 Å². The average Bonchev–Trinajstić information content (AvgIpc) is 3.83. The van der Waals surface area contributed by atoms with Crippen molar-refractivity contribution >= 4 is 56.7 Å². The topological polar surface area (TPSA) is 178 Å². The van der Waals surface area contributed by atoms with Crippen molar-refractivity contribution in [1.82, 2.24) is 24.9 Å². The average molecular weight is 737 g/mol. The third kappa shape index (κ3) is 6.85. The third-order valence-corrected chi connectivity index (χ3v) is 12.6. The number of amides is 3. The van der Waals surface area contributed by atoms with Gasteiger partial charge in [0.15, 0.2) is 0 Å². The number of aryl methyl sites for hydroxylation is 1. The summed E-state index contributed by atoms with van der Waals surface area (Å²) in [6, 6.07) is 9.75. The predicted octanol–water partition coefficient (Wildman–Crippen LogP) is 4.00. The number of aliphatic hydroxyl groups excluding tert-OH is 1. The molecule has 4 heterocycles. The van der Waals surface area contributed by atoms with Gasteiger partial charge >= 0.3 is 6.03 Å². The zero-order valence-corrected chi connectivity index (χ0v) is 29.8. The number of carbonyl (C=O) groups is 2. The highest BCUT2D eigenvalue weighted by atomic mass is 35.5. The molecule has 2 saturated heterocycles. The van der Waals surface area contributed by atoms with Crippen LogP contribution < -0.4 is 30.3 Å². The largest absolute Gasteiger partial charge is 0.488 e. The van der Waals surface area contributed by atoms with Gasteiger partial charge < -0.3 is 25.8 Å². The SMILES string of the molecule is Cc1cc(S(=O)(=O)NC2CCC(CN3CC(Oc4ccc(N5CCC(O)NC5=O)c(Cl)c4)C3)CC2)ccc1Nc1ncc2c(n1)NC(=O)C21CC1. The number of nitrogens with one attached hydrogen (secondary N) is 4. The molecule has 3 aliphatic heterocycles. The highest BCUT2D eigenvalue weighted by molar-refractivity contribution is 7.89. The number of sulfonamides is 1. The van der Waals surface area contributed by atoms with Crippen molar-refractivity contribution in [3.05, 3.63) is 58.7 Å². The molecule has 16 heteroatoms. The molecule has 270 valence electrons. The van der Waals surface area contributed by atoms with Gasteiger partial charge in [-0.05, 0) is 87.3 Å². The monoisotopic (exact) mass is 736 g/mol. The third-order valence-electron chi connectivity index (χ3n) is 10.8. The van der Waals surface area contributed by atoms with Crippen LogP contribution in [0, 0.1) is 12.8 Å². The normalized spacial score (nSPS) is 24.5. The molecule has 8 rings (SSSR count). The van der Waals surface area contributed by atoms with Gasteiger partial charge in [0.05, 0.1) is 21.0 Å². The van der Waals surface area contributed by atoms with Gasteiger partial charge in [-0.3, -0.25) is 14.6 Å². The standard InChI is InChI=1S/C35H41ClN8O6S/c1-20-14-25(7-8-28(20)38-33-37-16-26-31(41-33)40-32(46)35(26)11-12-35)51(48,49)42-22-4-2-21(3-5-22)17-43-18-24(19-43)50-23-6-9-29(27(36)15-23)44-13-10-30(45)39-34(44)47/h6-9,14-16,21-22,24,30,42,45H,2-5,10-13,17-19H2,1H3,(H,39,47)(H2,37,38,40,41,46). The van der Waals surface area contributed by atoms with Gasteiger partial charge in [0.2, 0.25) is 21.9 Å². The van der Waals surface area contributed by atoms with Crippen molar-refractivity contribution in [3.8, 4) is 5.75 Å². The summed E-state index contributed by atoms with van der Waals surface area (Å²) in [7, 11) is -3.71. The highest BCUT2D eigenvalue weighted by Gasteiger charge is 2.57. The molecule has 4 fully saturated rings. The Morgan fingerprint density at radius 3 is 2.57 bits per heavy atom. The number of nitrogens with zero attached hydrogens (tertiary/aromatic N) is 4. The summed E-state index contributed by atoms with van der Waals surface area (Å²) in [5, 5.41) is 18.6. The Hall–Kier alpha value is -4.02. The number of rotatable bonds is 10. The highest BCUT2D eigenvalue weighted by Crippen LogP contribution is 2.54. The molecule has 2 aliphatic carbocycles. The number of benzene rings is 2. The Labute approximate surface area is 301 Å². The van der Waals surface area contributed by atoms with Crippen molar-refractivity contribution in [1.29, 1.82) is 0 Å². The van der Waals surface area contributed by atoms with E-state index in [4.69, 9.17) is 16.3 Å². The van der Waals surface area contributed by atoms with E-state index in [1.807, 2.05) is 13.0 Å². The molecular weight excluding hydrogens is 696 g/mol. The predicted molar refractivity (Wildman–Crippen MR) is 191 cm³/mol. The maximum atomic E-state index is 13.3. The first-order valence-corrected chi connectivity index (χ1v) is 19.4. The Balaban J connectivity index is 0.779. The van der Waals surface area contributed by atoms with Gasteiger partial charge in [-0.2, -0.15) is 4.98 Å². The quantitative estimate of drug-likeness (QED) is 0.204. The summed E-state index contributed by atoms with van der Waals surface area (Å²) in [4.78, 5) is 37.5. The Morgan fingerprint density at radius 1 is 1.08 bits per heavy atom. The second kappa shape index (κ2) is 13.2. The second-order valence-electron chi connectivity index (χ2n) is 14.4. The number of anilines is 4. The molecule has 3 aromatic rings. The van der Waals surface area contributed by atoms with E-state index in [1.165, 1.54) is 4.90 Å². The number of likely N-dealkylation sites (tertiary alicyclic amines) is 1. The van der Waals surface area contributed by atoms with Crippen LogP contribution in [0.2, 0.25) is 5.02 Å². The molecule has 2 saturated carbocycles. The van der Waals surface area contributed by atoms with E-state index in [0.717, 1.165) is 69.3 Å². The van der Waals surface area contributed by atoms with Crippen LogP contribution in [0.1, 0.15) is 56.1 Å². The maximum Gasteiger partial charge on any atom is 0.323 e. The van der Waals surface area contributed by atoms with Gasteiger partial charge in [0, 0.05) is 62.2 Å². The van der Waals surface area contributed by atoms with Crippen molar-refractivity contribution in [2.24, 2.45) is 5.92 Å². The van der Waals surface area contributed by atoms with E-state index in [9.17, 15) is 23.1 Å². The molecule has 3 amide bonds. The number of halogens is 1. The van der Waals surface area contributed by atoms with Crippen LogP contribution in [0.5, 0.6) is 5.75 Å². The van der Waals surface area contributed by atoms with Crippen molar-refractivity contribution < 1.29 is 27.9 Å². The molecule has 1 atom stereocenters. The lowest BCUT2D eigenvalue weighted by Crippen LogP contribution is -2.55.